The Hall–Kier alpha value is -2.31. The monoisotopic (exact) mass is 264 g/mol. The van der Waals surface area contributed by atoms with Crippen molar-refractivity contribution in [2.45, 2.75) is 25.4 Å². The molecule has 2 aromatic carbocycles. The Kier molecular flexibility index (Phi) is 3.67. The van der Waals surface area contributed by atoms with Crippen LogP contribution >= 0.6 is 0 Å². The molecular formula is C17H16N2O. The molecule has 1 aliphatic carbocycles. The molecule has 0 aromatic heterocycles. The first-order valence-corrected chi connectivity index (χ1v) is 6.84. The van der Waals surface area contributed by atoms with Crippen LogP contribution in [0.15, 0.2) is 48.5 Å². The SMILES string of the molecule is N#Cc1cc(CNC2CC2)ccc1Oc1ccccc1. The predicted molar refractivity (Wildman–Crippen MR) is 77.5 cm³/mol. The fourth-order valence-electron chi connectivity index (χ4n) is 2.03. The summed E-state index contributed by atoms with van der Waals surface area (Å²) in [5, 5.41) is 12.7. The molecule has 0 spiro atoms. The van der Waals surface area contributed by atoms with Gasteiger partial charge >= 0.3 is 0 Å². The first-order valence-electron chi connectivity index (χ1n) is 6.84. The van der Waals surface area contributed by atoms with E-state index in [9.17, 15) is 5.26 Å². The van der Waals surface area contributed by atoms with Crippen molar-refractivity contribution in [1.82, 2.24) is 5.32 Å². The predicted octanol–water partition coefficient (Wildman–Crippen LogP) is 3.60. The zero-order chi connectivity index (χ0) is 13.8. The minimum absolute atomic E-state index is 0.573. The van der Waals surface area contributed by atoms with E-state index in [1.165, 1.54) is 12.8 Å². The second-order valence-electron chi connectivity index (χ2n) is 5.01. The lowest BCUT2D eigenvalue weighted by molar-refractivity contribution is 0.480. The molecule has 1 aliphatic rings. The van der Waals surface area contributed by atoms with Gasteiger partial charge in [-0.2, -0.15) is 5.26 Å². The van der Waals surface area contributed by atoms with Crippen molar-refractivity contribution >= 4 is 0 Å². The lowest BCUT2D eigenvalue weighted by atomic mass is 10.1. The van der Waals surface area contributed by atoms with Gasteiger partial charge in [-0.25, -0.2) is 0 Å². The van der Waals surface area contributed by atoms with Crippen molar-refractivity contribution in [3.05, 3.63) is 59.7 Å². The highest BCUT2D eigenvalue weighted by atomic mass is 16.5. The summed E-state index contributed by atoms with van der Waals surface area (Å²) in [7, 11) is 0. The second kappa shape index (κ2) is 5.77. The average Bonchev–Trinajstić information content (AvgIpc) is 3.31. The first-order chi connectivity index (χ1) is 9.85. The quantitative estimate of drug-likeness (QED) is 0.897. The first kappa shape index (κ1) is 12.7. The molecule has 0 saturated heterocycles. The third-order valence-electron chi connectivity index (χ3n) is 3.31. The van der Waals surface area contributed by atoms with Gasteiger partial charge in [0.25, 0.3) is 0 Å². The lowest BCUT2D eigenvalue weighted by Gasteiger charge is -2.09. The minimum Gasteiger partial charge on any atom is -0.456 e. The molecule has 0 unspecified atom stereocenters. The van der Waals surface area contributed by atoms with Crippen LogP contribution < -0.4 is 10.1 Å². The molecule has 0 radical (unpaired) electrons. The van der Waals surface area contributed by atoms with Gasteiger partial charge in [0.15, 0.2) is 0 Å². The van der Waals surface area contributed by atoms with Gasteiger partial charge in [0.2, 0.25) is 0 Å². The molecule has 0 bridgehead atoms. The van der Waals surface area contributed by atoms with Crippen LogP contribution in [-0.2, 0) is 6.54 Å². The van der Waals surface area contributed by atoms with Gasteiger partial charge in [-0.1, -0.05) is 24.3 Å². The van der Waals surface area contributed by atoms with E-state index >= 15 is 0 Å². The molecule has 0 atom stereocenters. The van der Waals surface area contributed by atoms with Crippen LogP contribution in [0.25, 0.3) is 0 Å². The Morgan fingerprint density at radius 1 is 1.15 bits per heavy atom. The number of hydrogen-bond donors (Lipinski definition) is 1. The maximum absolute atomic E-state index is 9.26. The third-order valence-corrected chi connectivity index (χ3v) is 3.31. The van der Waals surface area contributed by atoms with Gasteiger partial charge in [-0.15, -0.1) is 0 Å². The van der Waals surface area contributed by atoms with Crippen LogP contribution in [0, 0.1) is 11.3 Å². The largest absolute Gasteiger partial charge is 0.456 e. The van der Waals surface area contributed by atoms with Crippen LogP contribution in [0.4, 0.5) is 0 Å². The van der Waals surface area contributed by atoms with E-state index in [0.717, 1.165) is 17.9 Å². The minimum atomic E-state index is 0.573. The summed E-state index contributed by atoms with van der Waals surface area (Å²) in [6, 6.07) is 18.2. The van der Waals surface area contributed by atoms with E-state index in [1.54, 1.807) is 0 Å². The Labute approximate surface area is 118 Å². The Morgan fingerprint density at radius 2 is 1.95 bits per heavy atom. The van der Waals surface area contributed by atoms with Crippen LogP contribution in [0.1, 0.15) is 24.0 Å². The molecule has 0 amide bonds. The van der Waals surface area contributed by atoms with Gasteiger partial charge in [0, 0.05) is 12.6 Å². The van der Waals surface area contributed by atoms with Crippen LogP contribution in [0.5, 0.6) is 11.5 Å². The Morgan fingerprint density at radius 3 is 2.65 bits per heavy atom. The summed E-state index contributed by atoms with van der Waals surface area (Å²) in [4.78, 5) is 0. The van der Waals surface area contributed by atoms with Gasteiger partial charge in [-0.05, 0) is 42.7 Å². The van der Waals surface area contributed by atoms with Gasteiger partial charge < -0.3 is 10.1 Å². The van der Waals surface area contributed by atoms with Crippen molar-refractivity contribution in [2.24, 2.45) is 0 Å². The molecule has 3 heteroatoms. The number of benzene rings is 2. The lowest BCUT2D eigenvalue weighted by Crippen LogP contribution is -2.15. The average molecular weight is 264 g/mol. The van der Waals surface area contributed by atoms with E-state index in [1.807, 2.05) is 48.5 Å². The summed E-state index contributed by atoms with van der Waals surface area (Å²) < 4.78 is 5.75. The molecule has 1 fully saturated rings. The van der Waals surface area contributed by atoms with E-state index in [0.29, 0.717) is 17.4 Å². The molecule has 2 aromatic rings. The number of para-hydroxylation sites is 1. The van der Waals surface area contributed by atoms with E-state index in [2.05, 4.69) is 11.4 Å². The second-order valence-corrected chi connectivity index (χ2v) is 5.01. The number of nitrogens with zero attached hydrogens (tertiary/aromatic N) is 1. The molecule has 0 heterocycles. The van der Waals surface area contributed by atoms with Crippen molar-refractivity contribution in [2.75, 3.05) is 0 Å². The van der Waals surface area contributed by atoms with Gasteiger partial charge in [0.1, 0.15) is 17.6 Å². The summed E-state index contributed by atoms with van der Waals surface area (Å²) in [6.07, 6.45) is 2.53. The van der Waals surface area contributed by atoms with Crippen molar-refractivity contribution < 1.29 is 4.74 Å². The van der Waals surface area contributed by atoms with E-state index < -0.39 is 0 Å². The van der Waals surface area contributed by atoms with Crippen LogP contribution in [0.3, 0.4) is 0 Å². The number of nitriles is 1. The molecule has 0 aliphatic heterocycles. The third kappa shape index (κ3) is 3.17. The highest BCUT2D eigenvalue weighted by Gasteiger charge is 2.20. The van der Waals surface area contributed by atoms with Crippen LogP contribution in [0.2, 0.25) is 0 Å². The maximum Gasteiger partial charge on any atom is 0.145 e. The molecule has 3 nitrogen and oxygen atoms in total. The fraction of sp³-hybridized carbons (Fsp3) is 0.235. The zero-order valence-electron chi connectivity index (χ0n) is 11.2. The smallest absolute Gasteiger partial charge is 0.145 e. The zero-order valence-corrected chi connectivity index (χ0v) is 11.2. The Bertz CT molecular complexity index is 627. The molecule has 100 valence electrons. The molecule has 20 heavy (non-hydrogen) atoms. The van der Waals surface area contributed by atoms with E-state index in [-0.39, 0.29) is 0 Å². The molecular weight excluding hydrogens is 248 g/mol. The summed E-state index contributed by atoms with van der Waals surface area (Å²) in [6.45, 7) is 0.810. The number of rotatable bonds is 5. The van der Waals surface area contributed by atoms with Crippen LogP contribution in [-0.4, -0.2) is 6.04 Å². The highest BCUT2D eigenvalue weighted by molar-refractivity contribution is 5.47. The summed E-state index contributed by atoms with van der Waals surface area (Å²) in [5.74, 6) is 1.35. The molecule has 1 saturated carbocycles. The summed E-state index contributed by atoms with van der Waals surface area (Å²) >= 11 is 0. The van der Waals surface area contributed by atoms with Gasteiger partial charge in [0.05, 0.1) is 5.56 Å². The fourth-order valence-corrected chi connectivity index (χ4v) is 2.03. The van der Waals surface area contributed by atoms with E-state index in [4.69, 9.17) is 4.74 Å². The summed E-state index contributed by atoms with van der Waals surface area (Å²) in [5.41, 5.74) is 1.69. The maximum atomic E-state index is 9.26. The topological polar surface area (TPSA) is 45.0 Å². The Balaban J connectivity index is 1.75. The standard InChI is InChI=1S/C17H16N2O/c18-11-14-10-13(12-19-15-7-8-15)6-9-17(14)20-16-4-2-1-3-5-16/h1-6,9-10,15,19H,7-8,12H2. The van der Waals surface area contributed by atoms with Crippen molar-refractivity contribution in [3.8, 4) is 17.6 Å². The molecule has 3 rings (SSSR count). The highest BCUT2D eigenvalue weighted by Crippen LogP contribution is 2.26. The van der Waals surface area contributed by atoms with Crippen molar-refractivity contribution in [3.63, 3.8) is 0 Å². The normalized spacial score (nSPS) is 13.8. The number of ether oxygens (including phenoxy) is 1. The number of hydrogen-bond acceptors (Lipinski definition) is 3. The number of nitrogens with one attached hydrogen (secondary N) is 1. The van der Waals surface area contributed by atoms with Crippen molar-refractivity contribution in [1.29, 1.82) is 5.26 Å². The molecule has 1 N–H and O–H groups in total. The van der Waals surface area contributed by atoms with Gasteiger partial charge in [-0.3, -0.25) is 0 Å².